The molecule has 0 bridgehead atoms. The highest BCUT2D eigenvalue weighted by molar-refractivity contribution is 7.16. The first kappa shape index (κ1) is 17.6. The molecule has 1 unspecified atom stereocenters. The van der Waals surface area contributed by atoms with Crippen LogP contribution in [0.4, 0.5) is 5.00 Å². The first-order valence-electron chi connectivity index (χ1n) is 8.46. The third-order valence-electron chi connectivity index (χ3n) is 4.32. The Kier molecular flexibility index (Phi) is 5.20. The van der Waals surface area contributed by atoms with E-state index in [4.69, 9.17) is 4.74 Å². The van der Waals surface area contributed by atoms with Gasteiger partial charge in [0.25, 0.3) is 0 Å². The van der Waals surface area contributed by atoms with Crippen LogP contribution in [0.1, 0.15) is 38.8 Å². The Bertz CT molecular complexity index is 826. The summed E-state index contributed by atoms with van der Waals surface area (Å²) >= 11 is 1.55. The molecule has 2 N–H and O–H groups in total. The topological polar surface area (TPSA) is 63.3 Å². The third-order valence-corrected chi connectivity index (χ3v) is 5.46. The Morgan fingerprint density at radius 1 is 1.48 bits per heavy atom. The third kappa shape index (κ3) is 3.75. The minimum atomic E-state index is -0.305. The van der Waals surface area contributed by atoms with Gasteiger partial charge in [-0.2, -0.15) is 0 Å². The molecule has 3 rings (SSSR count). The molecule has 2 aromatic rings. The fourth-order valence-corrected chi connectivity index (χ4v) is 4.31. The van der Waals surface area contributed by atoms with Crippen molar-refractivity contribution in [1.82, 2.24) is 0 Å². The fourth-order valence-electron chi connectivity index (χ4n) is 3.02. The number of aromatic hydroxyl groups is 1. The Balaban J connectivity index is 2.01. The maximum atomic E-state index is 12.5. The molecular weight excluding hydrogens is 336 g/mol. The summed E-state index contributed by atoms with van der Waals surface area (Å²) in [5, 5.41) is 10.7. The zero-order chi connectivity index (χ0) is 18.0. The second-order valence-corrected chi connectivity index (χ2v) is 7.44. The van der Waals surface area contributed by atoms with E-state index in [2.05, 4.69) is 12.0 Å². The van der Waals surface area contributed by atoms with Gasteiger partial charge in [0, 0.05) is 18.2 Å². The molecule has 1 atom stereocenters. The van der Waals surface area contributed by atoms with E-state index >= 15 is 0 Å². The van der Waals surface area contributed by atoms with Crippen molar-refractivity contribution in [3.05, 3.63) is 45.3 Å². The van der Waals surface area contributed by atoms with E-state index < -0.39 is 0 Å². The van der Waals surface area contributed by atoms with Crippen LogP contribution in [0.3, 0.4) is 0 Å². The molecule has 132 valence electrons. The first-order chi connectivity index (χ1) is 12.0. The number of quaternary nitrogens is 1. The number of esters is 1. The van der Waals surface area contributed by atoms with Gasteiger partial charge >= 0.3 is 5.97 Å². The average molecular weight is 359 g/mol. The number of aryl methyl sites for hydroxylation is 1. The summed E-state index contributed by atoms with van der Waals surface area (Å²) in [6.45, 7) is 6.01. The number of hydrogen-bond donors (Lipinski definition) is 2. The van der Waals surface area contributed by atoms with E-state index in [9.17, 15) is 9.90 Å². The molecule has 0 saturated carbocycles. The fraction of sp³-hybridized carbons (Fsp3) is 0.368. The van der Waals surface area contributed by atoms with Gasteiger partial charge in [-0.05, 0) is 31.5 Å². The van der Waals surface area contributed by atoms with Crippen molar-refractivity contribution in [1.29, 1.82) is 0 Å². The minimum absolute atomic E-state index is 0.178. The number of carbonyl (C=O) groups is 1. The van der Waals surface area contributed by atoms with Gasteiger partial charge < -0.3 is 14.7 Å². The molecular formula is C19H23N2O3S+. The zero-order valence-corrected chi connectivity index (χ0v) is 15.6. The summed E-state index contributed by atoms with van der Waals surface area (Å²) in [6, 6.07) is 5.37. The Morgan fingerprint density at radius 2 is 2.28 bits per heavy atom. The van der Waals surface area contributed by atoms with Crippen molar-refractivity contribution in [2.75, 3.05) is 20.2 Å². The number of thiophene rings is 1. The number of likely N-dealkylation sites (N-methyl/N-ethyl adjacent to an activating group) is 1. The van der Waals surface area contributed by atoms with E-state index in [0.717, 1.165) is 30.6 Å². The van der Waals surface area contributed by atoms with Gasteiger partial charge in [-0.1, -0.05) is 11.6 Å². The number of nitrogens with zero attached hydrogens (tertiary/aromatic N) is 1. The molecule has 0 fully saturated rings. The Morgan fingerprint density at radius 3 is 3.04 bits per heavy atom. The number of phenolic OH excluding ortho intramolecular Hbond substituents is 1. The van der Waals surface area contributed by atoms with Gasteiger partial charge in [-0.15, -0.1) is 11.3 Å². The van der Waals surface area contributed by atoms with Gasteiger partial charge in [0.1, 0.15) is 22.9 Å². The monoisotopic (exact) mass is 359 g/mol. The number of hydrogen-bond acceptors (Lipinski definition) is 5. The molecule has 25 heavy (non-hydrogen) atoms. The lowest BCUT2D eigenvalue weighted by atomic mass is 10.0. The van der Waals surface area contributed by atoms with Crippen LogP contribution in [0.25, 0.3) is 0 Å². The second-order valence-electron chi connectivity index (χ2n) is 6.36. The molecule has 1 aliphatic heterocycles. The minimum Gasteiger partial charge on any atom is -0.507 e. The number of nitrogens with one attached hydrogen (secondary N) is 1. The van der Waals surface area contributed by atoms with E-state index in [1.54, 1.807) is 23.6 Å². The first-order valence-corrected chi connectivity index (χ1v) is 9.28. The average Bonchev–Trinajstić information content (AvgIpc) is 2.93. The van der Waals surface area contributed by atoms with E-state index in [1.807, 2.05) is 26.0 Å². The van der Waals surface area contributed by atoms with Crippen molar-refractivity contribution in [3.8, 4) is 5.75 Å². The summed E-state index contributed by atoms with van der Waals surface area (Å²) in [5.41, 5.74) is 3.36. The van der Waals surface area contributed by atoms with Gasteiger partial charge in [0.15, 0.2) is 0 Å². The van der Waals surface area contributed by atoms with Crippen LogP contribution in [-0.4, -0.2) is 37.5 Å². The lowest BCUT2D eigenvalue weighted by Gasteiger charge is -2.19. The summed E-state index contributed by atoms with van der Waals surface area (Å²) in [6.07, 6.45) is 2.48. The van der Waals surface area contributed by atoms with Crippen molar-refractivity contribution in [3.63, 3.8) is 0 Å². The predicted octanol–water partition coefficient (Wildman–Crippen LogP) is 2.26. The maximum absolute atomic E-state index is 12.5. The highest BCUT2D eigenvalue weighted by Gasteiger charge is 2.29. The molecule has 0 spiro atoms. The summed E-state index contributed by atoms with van der Waals surface area (Å²) in [4.78, 5) is 19.6. The van der Waals surface area contributed by atoms with Crippen molar-refractivity contribution in [2.45, 2.75) is 26.8 Å². The van der Waals surface area contributed by atoms with Crippen LogP contribution in [0, 0.1) is 6.92 Å². The molecule has 0 saturated heterocycles. The number of aliphatic imine (C=N–C) groups is 1. The molecule has 6 heteroatoms. The molecule has 0 aliphatic carbocycles. The second kappa shape index (κ2) is 7.37. The van der Waals surface area contributed by atoms with Crippen molar-refractivity contribution in [2.24, 2.45) is 4.99 Å². The quantitative estimate of drug-likeness (QED) is 0.650. The summed E-state index contributed by atoms with van der Waals surface area (Å²) < 4.78 is 5.25. The molecule has 5 nitrogen and oxygen atoms in total. The molecule has 1 aromatic carbocycles. The highest BCUT2D eigenvalue weighted by Crippen LogP contribution is 2.37. The van der Waals surface area contributed by atoms with E-state index in [-0.39, 0.29) is 11.7 Å². The number of carbonyl (C=O) groups excluding carboxylic acids is 1. The van der Waals surface area contributed by atoms with Gasteiger partial charge in [0.05, 0.1) is 25.1 Å². The van der Waals surface area contributed by atoms with Gasteiger partial charge in [-0.25, -0.2) is 9.79 Å². The van der Waals surface area contributed by atoms with Crippen LogP contribution in [0.15, 0.2) is 23.2 Å². The van der Waals surface area contributed by atoms with Crippen LogP contribution in [-0.2, 0) is 17.7 Å². The zero-order valence-electron chi connectivity index (χ0n) is 14.8. The van der Waals surface area contributed by atoms with Crippen molar-refractivity contribution >= 4 is 28.5 Å². The molecule has 0 radical (unpaired) electrons. The Hall–Kier alpha value is -2.18. The SMILES string of the molecule is CCOC(=O)c1c(/N=C/c2cc(C)ccc2O)sc2c1CC[NH+](C)C2. The molecule has 0 amide bonds. The normalized spacial score (nSPS) is 16.8. The number of rotatable bonds is 4. The van der Waals surface area contributed by atoms with Crippen LogP contribution in [0.2, 0.25) is 0 Å². The van der Waals surface area contributed by atoms with Gasteiger partial charge in [0.2, 0.25) is 0 Å². The van der Waals surface area contributed by atoms with Crippen molar-refractivity contribution < 1.29 is 19.5 Å². The lowest BCUT2D eigenvalue weighted by Crippen LogP contribution is -3.08. The van der Waals surface area contributed by atoms with E-state index in [0.29, 0.717) is 22.7 Å². The largest absolute Gasteiger partial charge is 0.507 e. The van der Waals surface area contributed by atoms with Crippen LogP contribution < -0.4 is 4.90 Å². The van der Waals surface area contributed by atoms with Gasteiger partial charge in [-0.3, -0.25) is 0 Å². The van der Waals surface area contributed by atoms with Crippen LogP contribution in [0.5, 0.6) is 5.75 Å². The number of benzene rings is 1. The smallest absolute Gasteiger partial charge is 0.341 e. The standard InChI is InChI=1S/C19H22N2O3S/c1-4-24-19(23)17-14-7-8-21(3)11-16(14)25-18(17)20-10-13-9-12(2)5-6-15(13)22/h5-6,9-10,22H,4,7-8,11H2,1-3H3/p+1/b20-10+. The lowest BCUT2D eigenvalue weighted by molar-refractivity contribution is -0.895. The number of ether oxygens (including phenoxy) is 1. The maximum Gasteiger partial charge on any atom is 0.341 e. The van der Waals surface area contributed by atoms with E-state index in [1.165, 1.54) is 9.78 Å². The predicted molar refractivity (Wildman–Crippen MR) is 99.5 cm³/mol. The summed E-state index contributed by atoms with van der Waals surface area (Å²) in [7, 11) is 2.15. The Labute approximate surface area is 151 Å². The molecule has 1 aliphatic rings. The molecule has 1 aromatic heterocycles. The summed E-state index contributed by atoms with van der Waals surface area (Å²) in [5.74, 6) is -0.127. The number of phenols is 1. The van der Waals surface area contributed by atoms with Crippen LogP contribution >= 0.6 is 11.3 Å². The molecule has 2 heterocycles. The highest BCUT2D eigenvalue weighted by atomic mass is 32.1. The number of fused-ring (bicyclic) bond motifs is 1.